The summed E-state index contributed by atoms with van der Waals surface area (Å²) in [5, 5.41) is 6.67. The van der Waals surface area contributed by atoms with Gasteiger partial charge in [-0.15, -0.1) is 0 Å². The molecule has 2 amide bonds. The molecule has 35 heavy (non-hydrogen) atoms. The number of hydrogen-bond acceptors (Lipinski definition) is 8. The van der Waals surface area contributed by atoms with Crippen LogP contribution in [-0.2, 0) is 4.79 Å². The van der Waals surface area contributed by atoms with Crippen molar-refractivity contribution in [1.29, 1.82) is 0 Å². The first kappa shape index (κ1) is 26.9. The van der Waals surface area contributed by atoms with E-state index in [1.807, 2.05) is 33.8 Å². The third-order valence-electron chi connectivity index (χ3n) is 5.16. The van der Waals surface area contributed by atoms with E-state index >= 15 is 0 Å². The van der Waals surface area contributed by atoms with Gasteiger partial charge < -0.3 is 32.8 Å². The Balaban J connectivity index is 2.32. The quantitative estimate of drug-likeness (QED) is 0.151. The molecule has 1 heterocycles. The predicted octanol–water partition coefficient (Wildman–Crippen LogP) is 1.76. The maximum absolute atomic E-state index is 12.6. The van der Waals surface area contributed by atoms with Crippen LogP contribution in [0.5, 0.6) is 0 Å². The van der Waals surface area contributed by atoms with E-state index in [4.69, 9.17) is 23.0 Å². The highest BCUT2D eigenvalue weighted by molar-refractivity contribution is 6.03. The third kappa shape index (κ3) is 7.08. The summed E-state index contributed by atoms with van der Waals surface area (Å²) in [6.07, 6.45) is 6.00. The molecule has 0 atom stereocenters. The Hall–Kier alpha value is -4.31. The molecular formula is C25H34N8O2. The van der Waals surface area contributed by atoms with Crippen LogP contribution in [0.2, 0.25) is 0 Å². The number of hydrogen-bond donors (Lipinski definition) is 6. The second-order valence-electron chi connectivity index (χ2n) is 8.88. The molecule has 186 valence electrons. The molecule has 0 radical (unpaired) electrons. The van der Waals surface area contributed by atoms with Gasteiger partial charge in [-0.2, -0.15) is 0 Å². The lowest BCUT2D eigenvalue weighted by Crippen LogP contribution is -2.43. The molecule has 0 bridgehead atoms. The fraction of sp³-hybridized carbons (Fsp3) is 0.240. The molecule has 0 saturated heterocycles. The molecule has 0 aliphatic rings. The summed E-state index contributed by atoms with van der Waals surface area (Å²) in [6, 6.07) is 8.68. The van der Waals surface area contributed by atoms with E-state index < -0.39 is 11.4 Å². The number of benzene rings is 1. The van der Waals surface area contributed by atoms with Crippen LogP contribution in [-0.4, -0.2) is 34.4 Å². The van der Waals surface area contributed by atoms with Crippen molar-refractivity contribution >= 4 is 28.8 Å². The van der Waals surface area contributed by atoms with Gasteiger partial charge in [0.2, 0.25) is 0 Å². The minimum absolute atomic E-state index is 0.0361. The lowest BCUT2D eigenvalue weighted by Gasteiger charge is -2.30. The highest BCUT2D eigenvalue weighted by Gasteiger charge is 2.17. The molecule has 1 aromatic heterocycles. The lowest BCUT2D eigenvalue weighted by atomic mass is 10.0. The summed E-state index contributed by atoms with van der Waals surface area (Å²) in [6.45, 7) is 7.58. The zero-order valence-electron chi connectivity index (χ0n) is 20.7. The van der Waals surface area contributed by atoms with Gasteiger partial charge in [-0.3, -0.25) is 14.6 Å². The Morgan fingerprint density at radius 1 is 1.11 bits per heavy atom. The summed E-state index contributed by atoms with van der Waals surface area (Å²) in [4.78, 5) is 28.6. The molecule has 10 nitrogen and oxygen atoms in total. The first-order chi connectivity index (χ1) is 16.4. The Morgan fingerprint density at radius 2 is 1.80 bits per heavy atom. The normalized spacial score (nSPS) is 12.8. The smallest absolute Gasteiger partial charge is 0.273 e. The van der Waals surface area contributed by atoms with Gasteiger partial charge in [0.25, 0.3) is 11.8 Å². The number of allylic oxidation sites excluding steroid dienone is 2. The molecule has 0 unspecified atom stereocenters. The summed E-state index contributed by atoms with van der Waals surface area (Å²) in [7, 11) is 1.53. The number of carbonyl (C=O) groups is 2. The van der Waals surface area contributed by atoms with Gasteiger partial charge in [0, 0.05) is 48.1 Å². The molecule has 0 saturated carbocycles. The Bertz CT molecular complexity index is 1190. The SMILES string of the molecule is CNC(=O)c1cc(C(/C=C(\N)c2cc(NC(=O)/C(N)=C/N(N)C(C)(C)C)ccc2C)=C/N)ccn1. The van der Waals surface area contributed by atoms with Crippen molar-refractivity contribution in [1.82, 2.24) is 15.3 Å². The number of aryl methyl sites for hydroxylation is 1. The number of nitrogens with zero attached hydrogens (tertiary/aromatic N) is 2. The van der Waals surface area contributed by atoms with Gasteiger partial charge in [-0.05, 0) is 74.7 Å². The molecule has 0 aliphatic carbocycles. The summed E-state index contributed by atoms with van der Waals surface area (Å²) >= 11 is 0. The van der Waals surface area contributed by atoms with E-state index in [0.717, 1.165) is 5.56 Å². The van der Waals surface area contributed by atoms with E-state index in [2.05, 4.69) is 15.6 Å². The highest BCUT2D eigenvalue weighted by atomic mass is 16.2. The molecular weight excluding hydrogens is 444 g/mol. The van der Waals surface area contributed by atoms with Gasteiger partial charge >= 0.3 is 0 Å². The minimum atomic E-state index is -0.497. The number of nitrogens with two attached hydrogens (primary N) is 4. The maximum atomic E-state index is 12.6. The zero-order valence-corrected chi connectivity index (χ0v) is 20.7. The van der Waals surface area contributed by atoms with Crippen LogP contribution in [0.15, 0.2) is 60.7 Å². The standard InChI is InChI=1S/C25H34N8O2/c1-15-6-7-18(32-23(34)21(28)14-33(29)25(2,3)4)12-19(15)20(27)10-17(13-26)16-8-9-31-22(11-16)24(35)30-5/h6-14H,26-29H2,1-5H3,(H,30,35)(H,32,34)/b17-13+,20-10-,21-14-. The fourth-order valence-electron chi connectivity index (χ4n) is 2.95. The van der Waals surface area contributed by atoms with Crippen LogP contribution < -0.4 is 33.7 Å². The van der Waals surface area contributed by atoms with Crippen LogP contribution in [0.1, 0.15) is 48.0 Å². The molecule has 10 N–H and O–H groups in total. The maximum Gasteiger partial charge on any atom is 0.273 e. The van der Waals surface area contributed by atoms with Crippen molar-refractivity contribution < 1.29 is 9.59 Å². The Labute approximate surface area is 205 Å². The topological polar surface area (TPSA) is 178 Å². The van der Waals surface area contributed by atoms with Crippen molar-refractivity contribution in [2.45, 2.75) is 33.2 Å². The van der Waals surface area contributed by atoms with Crippen LogP contribution in [0, 0.1) is 6.92 Å². The van der Waals surface area contributed by atoms with Crippen LogP contribution in [0.25, 0.3) is 11.3 Å². The van der Waals surface area contributed by atoms with Crippen molar-refractivity contribution in [2.24, 2.45) is 23.0 Å². The molecule has 1 aromatic carbocycles. The van der Waals surface area contributed by atoms with Crippen molar-refractivity contribution in [3.8, 4) is 0 Å². The number of rotatable bonds is 7. The zero-order chi connectivity index (χ0) is 26.3. The van der Waals surface area contributed by atoms with E-state index in [-0.39, 0.29) is 17.3 Å². The van der Waals surface area contributed by atoms with Crippen LogP contribution >= 0.6 is 0 Å². The molecule has 0 fully saturated rings. The van der Waals surface area contributed by atoms with E-state index in [1.165, 1.54) is 30.7 Å². The largest absolute Gasteiger partial charge is 0.404 e. The number of pyridine rings is 1. The Morgan fingerprint density at radius 3 is 2.40 bits per heavy atom. The predicted molar refractivity (Wildman–Crippen MR) is 140 cm³/mol. The van der Waals surface area contributed by atoms with Gasteiger partial charge in [-0.1, -0.05) is 6.07 Å². The number of nitrogens with one attached hydrogen (secondary N) is 2. The first-order valence-corrected chi connectivity index (χ1v) is 10.9. The van der Waals surface area contributed by atoms with Gasteiger partial charge in [0.1, 0.15) is 11.4 Å². The summed E-state index contributed by atoms with van der Waals surface area (Å²) < 4.78 is 0. The van der Waals surface area contributed by atoms with E-state index in [9.17, 15) is 9.59 Å². The molecule has 10 heteroatoms. The molecule has 0 spiro atoms. The second-order valence-corrected chi connectivity index (χ2v) is 8.88. The van der Waals surface area contributed by atoms with Crippen LogP contribution in [0.4, 0.5) is 5.69 Å². The Kier molecular flexibility index (Phi) is 8.63. The summed E-state index contributed by atoms with van der Waals surface area (Å²) in [5.74, 6) is 5.13. The lowest BCUT2D eigenvalue weighted by molar-refractivity contribution is -0.113. The van der Waals surface area contributed by atoms with Crippen molar-refractivity contribution in [3.63, 3.8) is 0 Å². The van der Waals surface area contributed by atoms with Crippen molar-refractivity contribution in [3.05, 3.63) is 83.1 Å². The number of carbonyl (C=O) groups excluding carboxylic acids is 2. The average Bonchev–Trinajstić information content (AvgIpc) is 2.82. The summed E-state index contributed by atoms with van der Waals surface area (Å²) in [5.41, 5.74) is 21.8. The fourth-order valence-corrected chi connectivity index (χ4v) is 2.95. The number of aromatic nitrogens is 1. The number of anilines is 1. The number of hydrazine groups is 1. The second kappa shape index (κ2) is 11.2. The average molecular weight is 479 g/mol. The van der Waals surface area contributed by atoms with Crippen LogP contribution in [0.3, 0.4) is 0 Å². The first-order valence-electron chi connectivity index (χ1n) is 10.9. The van der Waals surface area contributed by atoms with Gasteiger partial charge in [-0.25, -0.2) is 5.84 Å². The van der Waals surface area contributed by atoms with E-state index in [1.54, 1.807) is 30.3 Å². The van der Waals surface area contributed by atoms with E-state index in [0.29, 0.717) is 28.1 Å². The molecule has 0 aliphatic heterocycles. The third-order valence-corrected chi connectivity index (χ3v) is 5.16. The van der Waals surface area contributed by atoms with Gasteiger partial charge in [0.05, 0.1) is 0 Å². The molecule has 2 rings (SSSR count). The number of amides is 2. The highest BCUT2D eigenvalue weighted by Crippen LogP contribution is 2.24. The van der Waals surface area contributed by atoms with Gasteiger partial charge in [0.15, 0.2) is 0 Å². The monoisotopic (exact) mass is 478 g/mol. The molecule has 2 aromatic rings. The minimum Gasteiger partial charge on any atom is -0.404 e. The van der Waals surface area contributed by atoms with Crippen molar-refractivity contribution in [2.75, 3.05) is 12.4 Å².